The van der Waals surface area contributed by atoms with Crippen LogP contribution in [-0.4, -0.2) is 105 Å². The second-order valence-corrected chi connectivity index (χ2v) is 14.1. The van der Waals surface area contributed by atoms with Gasteiger partial charge in [0.2, 0.25) is 0 Å². The van der Waals surface area contributed by atoms with Gasteiger partial charge in [-0.1, -0.05) is 24.8 Å². The minimum absolute atomic E-state index is 0.108. The first-order valence-electron chi connectivity index (χ1n) is 16.6. The number of aliphatic carboxylic acids is 1. The maximum absolute atomic E-state index is 12.8. The number of alkyl halides is 19. The summed E-state index contributed by atoms with van der Waals surface area (Å²) in [7, 11) is 2.73. The summed E-state index contributed by atoms with van der Waals surface area (Å²) in [5.41, 5.74) is -11.1. The molecule has 8 atom stereocenters. The van der Waals surface area contributed by atoms with E-state index in [0.717, 1.165) is 0 Å². The Morgan fingerprint density at radius 2 is 0.915 bits per heavy atom. The van der Waals surface area contributed by atoms with Crippen LogP contribution in [0.25, 0.3) is 0 Å². The van der Waals surface area contributed by atoms with Crippen LogP contribution >= 0.6 is 11.6 Å². The molecule has 0 spiro atoms. The Balaban J connectivity index is 0.000000271. The number of hydrogen-bond donors (Lipinski definition) is 1. The van der Waals surface area contributed by atoms with Crippen LogP contribution in [0.4, 0.5) is 79.0 Å². The second kappa shape index (κ2) is 18.3. The van der Waals surface area contributed by atoms with Gasteiger partial charge in [-0.05, 0) is 62.2 Å². The molecule has 27 heteroatoms. The molecule has 6 fully saturated rings. The summed E-state index contributed by atoms with van der Waals surface area (Å²) in [6, 6.07) is 0.292. The van der Waals surface area contributed by atoms with E-state index in [2.05, 4.69) is 36.8 Å². The molecule has 4 bridgehead atoms. The lowest BCUT2D eigenvalue weighted by atomic mass is 9.68. The van der Waals surface area contributed by atoms with Crippen LogP contribution in [0.1, 0.15) is 38.5 Å². The number of carbonyl (C=O) groups excluding carboxylic acids is 1. The molecule has 6 aliphatic rings. The van der Waals surface area contributed by atoms with E-state index in [-0.39, 0.29) is 11.8 Å². The second-order valence-electron chi connectivity index (χ2n) is 13.8. The molecular formula is C32H35ClF18O8. The summed E-state index contributed by atoms with van der Waals surface area (Å²) in [5.74, 6) is -7.58. The van der Waals surface area contributed by atoms with E-state index in [1.807, 2.05) is 0 Å². The molecule has 344 valence electrons. The van der Waals surface area contributed by atoms with Crippen molar-refractivity contribution in [2.24, 2.45) is 35.5 Å². The molecule has 2 aliphatic heterocycles. The first-order valence-corrected chi connectivity index (χ1v) is 17.2. The van der Waals surface area contributed by atoms with Crippen LogP contribution in [0.5, 0.6) is 0 Å². The Labute approximate surface area is 327 Å². The number of rotatable bonds is 5. The van der Waals surface area contributed by atoms with E-state index in [1.165, 1.54) is 7.11 Å². The summed E-state index contributed by atoms with van der Waals surface area (Å²) < 4.78 is 243. The number of carboxylic acids is 1. The maximum Gasteiger partial charge on any atom is 0.426 e. The van der Waals surface area contributed by atoms with Gasteiger partial charge in [0.05, 0.1) is 12.2 Å². The predicted octanol–water partition coefficient (Wildman–Crippen LogP) is 9.86. The minimum atomic E-state index is -5.38. The van der Waals surface area contributed by atoms with Crippen molar-refractivity contribution in [1.29, 1.82) is 0 Å². The molecular weight excluding hydrogens is 890 g/mol. The fourth-order valence-electron chi connectivity index (χ4n) is 8.17. The summed E-state index contributed by atoms with van der Waals surface area (Å²) in [4.78, 5) is 20.0. The van der Waals surface area contributed by atoms with Crippen LogP contribution in [0, 0.1) is 35.5 Å². The van der Waals surface area contributed by atoms with Gasteiger partial charge in [-0.15, -0.1) is 0 Å². The minimum Gasteiger partial charge on any atom is -0.478 e. The first-order chi connectivity index (χ1) is 26.5. The fraction of sp³-hybridized carbons (Fsp3) is 0.812. The van der Waals surface area contributed by atoms with Crippen molar-refractivity contribution in [3.8, 4) is 0 Å². The number of halogens is 19. The molecule has 0 aromatic heterocycles. The van der Waals surface area contributed by atoms with Gasteiger partial charge in [0, 0.05) is 26.1 Å². The highest BCUT2D eigenvalue weighted by Crippen LogP contribution is 2.70. The molecule has 2 heterocycles. The summed E-state index contributed by atoms with van der Waals surface area (Å²) >= 11 is 4.96. The van der Waals surface area contributed by atoms with E-state index in [9.17, 15) is 88.6 Å². The van der Waals surface area contributed by atoms with Gasteiger partial charge in [-0.3, -0.25) is 0 Å². The molecule has 8 nitrogen and oxygen atoms in total. The highest BCUT2D eigenvalue weighted by molar-refractivity contribution is 6.17. The summed E-state index contributed by atoms with van der Waals surface area (Å²) in [6.07, 6.45) is -29.5. The van der Waals surface area contributed by atoms with Gasteiger partial charge in [-0.2, -0.15) is 79.0 Å². The molecule has 4 aliphatic carbocycles. The standard InChI is InChI=1S/2C10H10F6O.C6H7F3O3.C4H3F3O2.C2H5ClO/c2*11-9(12,13)8(10(14,15)16)6-4-1-2-5(3-4)7(6)17-8;1-4(6(7,8)9)5(10)12-3-11-2;1-2(3(8)9)4(5,6)7;1-4-2-3/h2*4-7H,1-3H2;1,3H2,2H3;1H2,(H,8,9);2H2,1H3. The van der Waals surface area contributed by atoms with Gasteiger partial charge in [0.1, 0.15) is 17.2 Å². The van der Waals surface area contributed by atoms with E-state index in [0.29, 0.717) is 44.6 Å². The highest BCUT2D eigenvalue weighted by Gasteiger charge is 2.87. The topological polar surface area (TPSA) is 101 Å². The van der Waals surface area contributed by atoms with Crippen LogP contribution in [0.3, 0.4) is 0 Å². The zero-order valence-electron chi connectivity index (χ0n) is 30.2. The fourth-order valence-corrected chi connectivity index (χ4v) is 8.17. The predicted molar refractivity (Wildman–Crippen MR) is 162 cm³/mol. The van der Waals surface area contributed by atoms with Crippen LogP contribution < -0.4 is 0 Å². The van der Waals surface area contributed by atoms with Crippen molar-refractivity contribution in [2.75, 3.05) is 27.1 Å². The lowest BCUT2D eigenvalue weighted by Crippen LogP contribution is -2.75. The molecule has 2 saturated heterocycles. The van der Waals surface area contributed by atoms with Crippen LogP contribution in [0.2, 0.25) is 0 Å². The smallest absolute Gasteiger partial charge is 0.426 e. The third-order valence-electron chi connectivity index (χ3n) is 10.6. The van der Waals surface area contributed by atoms with Gasteiger partial charge in [0.25, 0.3) is 11.2 Å². The van der Waals surface area contributed by atoms with Gasteiger partial charge >= 0.3 is 49.0 Å². The summed E-state index contributed by atoms with van der Waals surface area (Å²) in [6.45, 7) is 4.30. The zero-order valence-corrected chi connectivity index (χ0v) is 30.9. The Kier molecular flexibility index (Phi) is 16.3. The van der Waals surface area contributed by atoms with Crippen molar-refractivity contribution in [2.45, 2.75) is 99.0 Å². The number of hydrogen-bond acceptors (Lipinski definition) is 7. The molecule has 0 amide bonds. The SMILES string of the molecule is C=C(C(=O)O)C(F)(F)F.C=C(C(=O)OCOC)C(F)(F)F.COCCl.FC(F)(F)C1(C(F)(F)F)OC2C3CCC(C3)C21.FC(F)(F)C1(C(F)(F)F)OC2C3CCC(C3)C21. The monoisotopic (exact) mass is 924 g/mol. The van der Waals surface area contributed by atoms with E-state index in [1.54, 1.807) is 7.11 Å². The lowest BCUT2D eigenvalue weighted by Gasteiger charge is -2.56. The third kappa shape index (κ3) is 10.5. The number of ether oxygens (including phenoxy) is 5. The Morgan fingerprint density at radius 1 is 0.610 bits per heavy atom. The quantitative estimate of drug-likeness (QED) is 0.0957. The summed E-state index contributed by atoms with van der Waals surface area (Å²) in [5, 5.41) is 7.70. The first kappa shape index (κ1) is 52.4. The van der Waals surface area contributed by atoms with Crippen molar-refractivity contribution in [3.63, 3.8) is 0 Å². The van der Waals surface area contributed by atoms with Crippen LogP contribution in [0.15, 0.2) is 24.3 Å². The van der Waals surface area contributed by atoms with Crippen molar-refractivity contribution >= 4 is 23.5 Å². The average molecular weight is 925 g/mol. The Bertz CT molecular complexity index is 1380. The number of fused-ring (bicyclic) bond motifs is 10. The van der Waals surface area contributed by atoms with E-state index in [4.69, 9.17) is 16.7 Å². The third-order valence-corrected chi connectivity index (χ3v) is 10.8. The maximum atomic E-state index is 12.8. The van der Waals surface area contributed by atoms with Crippen LogP contribution in [-0.2, 0) is 33.3 Å². The molecule has 6 rings (SSSR count). The number of carbonyl (C=O) groups is 2. The van der Waals surface area contributed by atoms with E-state index >= 15 is 0 Å². The molecule has 8 unspecified atom stereocenters. The molecule has 59 heavy (non-hydrogen) atoms. The number of esters is 1. The molecule has 0 aromatic carbocycles. The lowest BCUT2D eigenvalue weighted by molar-refractivity contribution is -0.471. The normalized spacial score (nSPS) is 29.4. The van der Waals surface area contributed by atoms with Crippen molar-refractivity contribution < 1.29 is 117 Å². The van der Waals surface area contributed by atoms with Crippen molar-refractivity contribution in [3.05, 3.63) is 24.3 Å². The Morgan fingerprint density at radius 3 is 1.12 bits per heavy atom. The molecule has 0 aromatic rings. The van der Waals surface area contributed by atoms with Gasteiger partial charge in [-0.25, -0.2) is 9.59 Å². The van der Waals surface area contributed by atoms with E-state index < -0.39 is 114 Å². The van der Waals surface area contributed by atoms with Crippen molar-refractivity contribution in [1.82, 2.24) is 0 Å². The number of carboxylic acid groups (broad SMARTS) is 1. The largest absolute Gasteiger partial charge is 0.478 e. The molecule has 4 saturated carbocycles. The zero-order chi connectivity index (χ0) is 46.1. The van der Waals surface area contributed by atoms with Gasteiger partial charge < -0.3 is 28.8 Å². The molecule has 0 radical (unpaired) electrons. The number of methoxy groups -OCH3 is 2. The Hall–Kier alpha value is -2.71. The highest BCUT2D eigenvalue weighted by atomic mass is 35.5. The average Bonchev–Trinajstić information content (AvgIpc) is 3.80. The molecule has 1 N–H and O–H groups in total. The van der Waals surface area contributed by atoms with Gasteiger partial charge in [0.15, 0.2) is 6.79 Å².